The normalized spacial score (nSPS) is 20.1. The fourth-order valence-corrected chi connectivity index (χ4v) is 2.18. The summed E-state index contributed by atoms with van der Waals surface area (Å²) in [5.74, 6) is 0.204. The number of carbonyl (C=O) groups is 1. The topological polar surface area (TPSA) is 32.3 Å². The summed E-state index contributed by atoms with van der Waals surface area (Å²) in [6.45, 7) is 7.18. The molecule has 0 saturated carbocycles. The molecule has 0 aromatic rings. The van der Waals surface area contributed by atoms with Crippen LogP contribution in [0.5, 0.6) is 0 Å². The van der Waals surface area contributed by atoms with Crippen molar-refractivity contribution in [1.82, 2.24) is 10.2 Å². The first kappa shape index (κ1) is 13.5. The molecule has 0 aromatic heterocycles. The fraction of sp³-hybridized carbons (Fsp3) is 0.923. The molecule has 0 spiro atoms. The number of amides is 1. The molecule has 3 nitrogen and oxygen atoms in total. The highest BCUT2D eigenvalue weighted by atomic mass is 16.2. The minimum absolute atomic E-state index is 0.0509. The Hall–Kier alpha value is -0.570. The second-order valence-electron chi connectivity index (χ2n) is 4.77. The van der Waals surface area contributed by atoms with Gasteiger partial charge in [0.05, 0.1) is 6.04 Å². The van der Waals surface area contributed by atoms with Crippen molar-refractivity contribution in [3.05, 3.63) is 0 Å². The molecule has 3 heteroatoms. The van der Waals surface area contributed by atoms with Gasteiger partial charge in [0.25, 0.3) is 0 Å². The molecular weight excluding hydrogens is 200 g/mol. The lowest BCUT2D eigenvalue weighted by molar-refractivity contribution is -0.125. The van der Waals surface area contributed by atoms with Gasteiger partial charge in [-0.1, -0.05) is 26.2 Å². The van der Waals surface area contributed by atoms with Crippen molar-refractivity contribution in [3.63, 3.8) is 0 Å². The van der Waals surface area contributed by atoms with Crippen LogP contribution >= 0.6 is 0 Å². The van der Waals surface area contributed by atoms with Crippen molar-refractivity contribution < 1.29 is 4.79 Å². The standard InChI is InChI=1S/C13H26N2O/c1-3-4-9-14-13(16)12(2)15-10-7-5-6-8-11-15/h12H,3-11H2,1-2H3,(H,14,16). The third kappa shape index (κ3) is 4.52. The van der Waals surface area contributed by atoms with Gasteiger partial charge in [0.1, 0.15) is 0 Å². The van der Waals surface area contributed by atoms with Crippen molar-refractivity contribution in [2.24, 2.45) is 0 Å². The maximum absolute atomic E-state index is 11.9. The average molecular weight is 226 g/mol. The van der Waals surface area contributed by atoms with E-state index in [0.29, 0.717) is 0 Å². The molecule has 1 unspecified atom stereocenters. The molecule has 1 rings (SSSR count). The fourth-order valence-electron chi connectivity index (χ4n) is 2.18. The first-order valence-electron chi connectivity index (χ1n) is 6.77. The Morgan fingerprint density at radius 2 is 1.88 bits per heavy atom. The van der Waals surface area contributed by atoms with Crippen LogP contribution in [-0.4, -0.2) is 36.5 Å². The van der Waals surface area contributed by atoms with Crippen molar-refractivity contribution in [2.75, 3.05) is 19.6 Å². The molecular formula is C13H26N2O. The van der Waals surface area contributed by atoms with Crippen molar-refractivity contribution in [1.29, 1.82) is 0 Å². The Morgan fingerprint density at radius 1 is 1.25 bits per heavy atom. The quantitative estimate of drug-likeness (QED) is 0.729. The first-order valence-corrected chi connectivity index (χ1v) is 6.77. The van der Waals surface area contributed by atoms with Gasteiger partial charge in [0, 0.05) is 6.54 Å². The van der Waals surface area contributed by atoms with E-state index in [4.69, 9.17) is 0 Å². The average Bonchev–Trinajstić information content (AvgIpc) is 2.56. The Balaban J connectivity index is 2.30. The molecule has 1 saturated heterocycles. The van der Waals surface area contributed by atoms with Crippen LogP contribution in [0.4, 0.5) is 0 Å². The predicted octanol–water partition coefficient (Wildman–Crippen LogP) is 2.17. The molecule has 1 atom stereocenters. The van der Waals surface area contributed by atoms with Crippen LogP contribution in [0.25, 0.3) is 0 Å². The summed E-state index contributed by atoms with van der Waals surface area (Å²) >= 11 is 0. The number of nitrogens with zero attached hydrogens (tertiary/aromatic N) is 1. The van der Waals surface area contributed by atoms with Gasteiger partial charge in [-0.2, -0.15) is 0 Å². The Kier molecular flexibility index (Phi) is 6.46. The Labute approximate surface area is 99.6 Å². The first-order chi connectivity index (χ1) is 7.75. The molecule has 1 fully saturated rings. The third-order valence-corrected chi connectivity index (χ3v) is 3.40. The van der Waals surface area contributed by atoms with Gasteiger partial charge >= 0.3 is 0 Å². The van der Waals surface area contributed by atoms with Gasteiger partial charge < -0.3 is 5.32 Å². The van der Waals surface area contributed by atoms with Crippen LogP contribution in [-0.2, 0) is 4.79 Å². The molecule has 0 aliphatic carbocycles. The van der Waals surface area contributed by atoms with Crippen LogP contribution in [0.1, 0.15) is 52.4 Å². The lowest BCUT2D eigenvalue weighted by Crippen LogP contribution is -2.45. The van der Waals surface area contributed by atoms with E-state index in [9.17, 15) is 4.79 Å². The Morgan fingerprint density at radius 3 is 2.44 bits per heavy atom. The molecule has 0 aromatic carbocycles. The van der Waals surface area contributed by atoms with E-state index < -0.39 is 0 Å². The smallest absolute Gasteiger partial charge is 0.237 e. The highest BCUT2D eigenvalue weighted by Crippen LogP contribution is 2.12. The third-order valence-electron chi connectivity index (χ3n) is 3.40. The van der Waals surface area contributed by atoms with E-state index in [2.05, 4.69) is 17.1 Å². The zero-order valence-corrected chi connectivity index (χ0v) is 10.8. The second-order valence-corrected chi connectivity index (χ2v) is 4.77. The van der Waals surface area contributed by atoms with E-state index in [1.165, 1.54) is 25.7 Å². The van der Waals surface area contributed by atoms with Gasteiger partial charge in [0.2, 0.25) is 5.91 Å². The van der Waals surface area contributed by atoms with Crippen molar-refractivity contribution in [2.45, 2.75) is 58.4 Å². The van der Waals surface area contributed by atoms with Crippen LogP contribution < -0.4 is 5.32 Å². The number of rotatable bonds is 5. The van der Waals surface area contributed by atoms with Crippen LogP contribution in [0.15, 0.2) is 0 Å². The summed E-state index contributed by atoms with van der Waals surface area (Å²) in [6.07, 6.45) is 7.34. The molecule has 1 N–H and O–H groups in total. The number of unbranched alkanes of at least 4 members (excludes halogenated alkanes) is 1. The molecule has 16 heavy (non-hydrogen) atoms. The number of nitrogens with one attached hydrogen (secondary N) is 1. The van der Waals surface area contributed by atoms with E-state index in [1.807, 2.05) is 6.92 Å². The number of likely N-dealkylation sites (tertiary alicyclic amines) is 1. The monoisotopic (exact) mass is 226 g/mol. The summed E-state index contributed by atoms with van der Waals surface area (Å²) in [7, 11) is 0. The summed E-state index contributed by atoms with van der Waals surface area (Å²) < 4.78 is 0. The number of hydrogen-bond acceptors (Lipinski definition) is 2. The van der Waals surface area contributed by atoms with Gasteiger partial charge in [-0.05, 0) is 39.3 Å². The maximum Gasteiger partial charge on any atom is 0.237 e. The van der Waals surface area contributed by atoms with E-state index in [-0.39, 0.29) is 11.9 Å². The molecule has 1 aliphatic rings. The molecule has 0 bridgehead atoms. The Bertz CT molecular complexity index is 198. The highest BCUT2D eigenvalue weighted by molar-refractivity contribution is 5.81. The van der Waals surface area contributed by atoms with E-state index in [0.717, 1.165) is 32.5 Å². The van der Waals surface area contributed by atoms with E-state index in [1.54, 1.807) is 0 Å². The SMILES string of the molecule is CCCCNC(=O)C(C)N1CCCCCC1. The maximum atomic E-state index is 11.9. The van der Waals surface area contributed by atoms with Crippen LogP contribution in [0, 0.1) is 0 Å². The molecule has 1 heterocycles. The van der Waals surface area contributed by atoms with Gasteiger partial charge in [-0.15, -0.1) is 0 Å². The zero-order chi connectivity index (χ0) is 11.8. The molecule has 0 radical (unpaired) electrons. The largest absolute Gasteiger partial charge is 0.355 e. The molecule has 94 valence electrons. The lowest BCUT2D eigenvalue weighted by Gasteiger charge is -2.26. The van der Waals surface area contributed by atoms with Gasteiger partial charge in [-0.3, -0.25) is 9.69 Å². The zero-order valence-electron chi connectivity index (χ0n) is 10.8. The number of hydrogen-bond donors (Lipinski definition) is 1. The van der Waals surface area contributed by atoms with Crippen LogP contribution in [0.2, 0.25) is 0 Å². The van der Waals surface area contributed by atoms with Crippen LogP contribution in [0.3, 0.4) is 0 Å². The van der Waals surface area contributed by atoms with E-state index >= 15 is 0 Å². The highest BCUT2D eigenvalue weighted by Gasteiger charge is 2.21. The summed E-state index contributed by atoms with van der Waals surface area (Å²) in [6, 6.07) is 0.0509. The van der Waals surface area contributed by atoms with Crippen molar-refractivity contribution >= 4 is 5.91 Å². The summed E-state index contributed by atoms with van der Waals surface area (Å²) in [4.78, 5) is 14.2. The summed E-state index contributed by atoms with van der Waals surface area (Å²) in [5.41, 5.74) is 0. The minimum Gasteiger partial charge on any atom is -0.355 e. The molecule has 1 aliphatic heterocycles. The molecule has 1 amide bonds. The lowest BCUT2D eigenvalue weighted by atomic mass is 10.2. The van der Waals surface area contributed by atoms with Gasteiger partial charge in [-0.25, -0.2) is 0 Å². The predicted molar refractivity (Wildman–Crippen MR) is 67.4 cm³/mol. The second kappa shape index (κ2) is 7.66. The number of carbonyl (C=O) groups excluding carboxylic acids is 1. The summed E-state index contributed by atoms with van der Waals surface area (Å²) in [5, 5.41) is 3.02. The van der Waals surface area contributed by atoms with Gasteiger partial charge in [0.15, 0.2) is 0 Å². The van der Waals surface area contributed by atoms with Crippen molar-refractivity contribution in [3.8, 4) is 0 Å². The minimum atomic E-state index is 0.0509.